The Morgan fingerprint density at radius 2 is 1.67 bits per heavy atom. The van der Waals surface area contributed by atoms with E-state index < -0.39 is 17.1 Å². The first-order valence-corrected chi connectivity index (χ1v) is 10.5. The first kappa shape index (κ1) is 23.7. The number of hydrogen-bond donors (Lipinski definition) is 0. The van der Waals surface area contributed by atoms with Crippen LogP contribution in [0.1, 0.15) is 50.9 Å². The SMILES string of the molecule is CN(CCN(C)C(=O)[C@@]1(C)CCCN(C(=O)c2ccccc2)C1)C(=O)OC(C)(C)C. The highest BCUT2D eigenvalue weighted by Crippen LogP contribution is 2.32. The molecule has 7 heteroatoms. The number of carbonyl (C=O) groups excluding carboxylic acids is 3. The summed E-state index contributed by atoms with van der Waals surface area (Å²) < 4.78 is 5.35. The van der Waals surface area contributed by atoms with Gasteiger partial charge in [0.1, 0.15) is 5.60 Å². The van der Waals surface area contributed by atoms with Crippen molar-refractivity contribution in [3.05, 3.63) is 35.9 Å². The number of carbonyl (C=O) groups is 3. The third kappa shape index (κ3) is 6.21. The van der Waals surface area contributed by atoms with Crippen molar-refractivity contribution in [2.24, 2.45) is 5.41 Å². The highest BCUT2D eigenvalue weighted by Gasteiger charge is 2.41. The van der Waals surface area contributed by atoms with Crippen LogP contribution >= 0.6 is 0 Å². The number of likely N-dealkylation sites (N-methyl/N-ethyl adjacent to an activating group) is 2. The first-order valence-electron chi connectivity index (χ1n) is 10.5. The predicted molar refractivity (Wildman–Crippen MR) is 116 cm³/mol. The molecule has 3 amide bonds. The van der Waals surface area contributed by atoms with Crippen molar-refractivity contribution < 1.29 is 19.1 Å². The van der Waals surface area contributed by atoms with Crippen molar-refractivity contribution in [1.82, 2.24) is 14.7 Å². The van der Waals surface area contributed by atoms with Gasteiger partial charge in [0.05, 0.1) is 5.41 Å². The Labute approximate surface area is 180 Å². The Bertz CT molecular complexity index is 759. The summed E-state index contributed by atoms with van der Waals surface area (Å²) in [6.45, 7) is 9.21. The van der Waals surface area contributed by atoms with Crippen molar-refractivity contribution in [3.63, 3.8) is 0 Å². The second-order valence-corrected chi connectivity index (χ2v) is 9.39. The van der Waals surface area contributed by atoms with Crippen LogP contribution in [-0.4, -0.2) is 78.5 Å². The minimum Gasteiger partial charge on any atom is -0.444 e. The molecule has 0 radical (unpaired) electrons. The average Bonchev–Trinajstić information content (AvgIpc) is 2.70. The van der Waals surface area contributed by atoms with Gasteiger partial charge in [-0.25, -0.2) is 4.79 Å². The van der Waals surface area contributed by atoms with E-state index in [0.717, 1.165) is 12.8 Å². The lowest BCUT2D eigenvalue weighted by Gasteiger charge is -2.41. The van der Waals surface area contributed by atoms with Crippen LogP contribution in [0.3, 0.4) is 0 Å². The molecule has 0 aliphatic carbocycles. The number of hydrogen-bond acceptors (Lipinski definition) is 4. The second kappa shape index (κ2) is 9.49. The van der Waals surface area contributed by atoms with E-state index in [2.05, 4.69) is 0 Å². The van der Waals surface area contributed by atoms with Gasteiger partial charge in [0, 0.05) is 45.8 Å². The molecule has 30 heavy (non-hydrogen) atoms. The molecular formula is C23H35N3O4. The topological polar surface area (TPSA) is 70.2 Å². The number of likely N-dealkylation sites (tertiary alicyclic amines) is 1. The molecule has 1 aliphatic rings. The van der Waals surface area contributed by atoms with Crippen LogP contribution in [0.4, 0.5) is 4.79 Å². The molecule has 1 atom stereocenters. The fourth-order valence-electron chi connectivity index (χ4n) is 3.64. The molecule has 1 aromatic rings. The third-order valence-corrected chi connectivity index (χ3v) is 5.34. The van der Waals surface area contributed by atoms with E-state index in [-0.39, 0.29) is 11.8 Å². The van der Waals surface area contributed by atoms with E-state index >= 15 is 0 Å². The van der Waals surface area contributed by atoms with Gasteiger partial charge in [-0.15, -0.1) is 0 Å². The summed E-state index contributed by atoms with van der Waals surface area (Å²) in [6, 6.07) is 9.17. The van der Waals surface area contributed by atoms with E-state index in [4.69, 9.17) is 4.74 Å². The molecule has 0 aromatic heterocycles. The quantitative estimate of drug-likeness (QED) is 0.737. The molecule has 1 aromatic carbocycles. The van der Waals surface area contributed by atoms with Crippen LogP contribution in [0.2, 0.25) is 0 Å². The summed E-state index contributed by atoms with van der Waals surface area (Å²) in [5, 5.41) is 0. The lowest BCUT2D eigenvalue weighted by Crippen LogP contribution is -2.53. The van der Waals surface area contributed by atoms with Crippen LogP contribution < -0.4 is 0 Å². The van der Waals surface area contributed by atoms with Crippen LogP contribution in [-0.2, 0) is 9.53 Å². The number of rotatable bonds is 5. The van der Waals surface area contributed by atoms with Crippen LogP contribution in [0.5, 0.6) is 0 Å². The van der Waals surface area contributed by atoms with Gasteiger partial charge in [-0.1, -0.05) is 18.2 Å². The number of nitrogens with zero attached hydrogens (tertiary/aromatic N) is 3. The van der Waals surface area contributed by atoms with Gasteiger partial charge in [0.15, 0.2) is 0 Å². The van der Waals surface area contributed by atoms with Crippen molar-refractivity contribution in [2.45, 2.75) is 46.1 Å². The molecule has 0 saturated carbocycles. The van der Waals surface area contributed by atoms with Crippen molar-refractivity contribution in [1.29, 1.82) is 0 Å². The van der Waals surface area contributed by atoms with Crippen molar-refractivity contribution in [3.8, 4) is 0 Å². The standard InChI is InChI=1S/C23H35N3O4/c1-22(2,3)30-21(29)25(6)16-15-24(5)20(28)23(4)13-10-14-26(17-23)19(27)18-11-8-7-9-12-18/h7-9,11-12H,10,13-17H2,1-6H3/t23-/m0/s1. The lowest BCUT2D eigenvalue weighted by molar-refractivity contribution is -0.142. The van der Waals surface area contributed by atoms with Gasteiger partial charge < -0.3 is 19.4 Å². The zero-order chi connectivity index (χ0) is 22.5. The van der Waals surface area contributed by atoms with Gasteiger partial charge in [0.2, 0.25) is 5.91 Å². The molecule has 166 valence electrons. The van der Waals surface area contributed by atoms with E-state index in [9.17, 15) is 14.4 Å². The Hall–Kier alpha value is -2.57. The summed E-state index contributed by atoms with van der Waals surface area (Å²) in [6.07, 6.45) is 1.11. The largest absolute Gasteiger partial charge is 0.444 e. The molecule has 0 N–H and O–H groups in total. The van der Waals surface area contributed by atoms with Crippen molar-refractivity contribution >= 4 is 17.9 Å². The van der Waals surface area contributed by atoms with Crippen LogP contribution in [0.15, 0.2) is 30.3 Å². The van der Waals surface area contributed by atoms with Gasteiger partial charge >= 0.3 is 6.09 Å². The maximum absolute atomic E-state index is 13.2. The van der Waals surface area contributed by atoms with Crippen molar-refractivity contribution in [2.75, 3.05) is 40.3 Å². The first-order chi connectivity index (χ1) is 13.9. The Kier molecular flexibility index (Phi) is 7.50. The molecule has 0 unspecified atom stereocenters. The summed E-state index contributed by atoms with van der Waals surface area (Å²) in [5.41, 5.74) is -0.555. The Morgan fingerprint density at radius 3 is 2.27 bits per heavy atom. The average molecular weight is 418 g/mol. The van der Waals surface area contributed by atoms with E-state index in [1.165, 1.54) is 4.90 Å². The third-order valence-electron chi connectivity index (χ3n) is 5.34. The normalized spacial score (nSPS) is 19.2. The minimum absolute atomic E-state index is 0.00866. The zero-order valence-electron chi connectivity index (χ0n) is 19.1. The fourth-order valence-corrected chi connectivity index (χ4v) is 3.64. The monoisotopic (exact) mass is 417 g/mol. The van der Waals surface area contributed by atoms with Gasteiger partial charge in [0.25, 0.3) is 5.91 Å². The molecule has 0 spiro atoms. The lowest BCUT2D eigenvalue weighted by atomic mass is 9.80. The van der Waals surface area contributed by atoms with Crippen LogP contribution in [0, 0.1) is 5.41 Å². The molecule has 1 heterocycles. The van der Waals surface area contributed by atoms with Crippen LogP contribution in [0.25, 0.3) is 0 Å². The minimum atomic E-state index is -0.637. The van der Waals surface area contributed by atoms with E-state index in [1.54, 1.807) is 36.0 Å². The maximum Gasteiger partial charge on any atom is 0.410 e. The summed E-state index contributed by atoms with van der Waals surface area (Å²) in [4.78, 5) is 43.0. The molecule has 1 fully saturated rings. The molecule has 1 saturated heterocycles. The molecule has 7 nitrogen and oxygen atoms in total. The number of benzene rings is 1. The summed E-state index contributed by atoms with van der Waals surface area (Å²) in [7, 11) is 3.41. The Balaban J connectivity index is 1.95. The maximum atomic E-state index is 13.2. The van der Waals surface area contributed by atoms with Gasteiger partial charge in [-0.2, -0.15) is 0 Å². The fraction of sp³-hybridized carbons (Fsp3) is 0.609. The molecular weight excluding hydrogens is 382 g/mol. The number of piperidine rings is 1. The molecule has 2 rings (SSSR count). The highest BCUT2D eigenvalue weighted by molar-refractivity contribution is 5.95. The van der Waals surface area contributed by atoms with E-state index in [1.807, 2.05) is 45.9 Å². The number of ether oxygens (including phenoxy) is 1. The highest BCUT2D eigenvalue weighted by atomic mass is 16.6. The molecule has 0 bridgehead atoms. The second-order valence-electron chi connectivity index (χ2n) is 9.39. The summed E-state index contributed by atoms with van der Waals surface area (Å²) >= 11 is 0. The van der Waals surface area contributed by atoms with Gasteiger partial charge in [-0.3, -0.25) is 9.59 Å². The summed E-state index contributed by atoms with van der Waals surface area (Å²) in [5.74, 6) is -0.0488. The smallest absolute Gasteiger partial charge is 0.410 e. The Morgan fingerprint density at radius 1 is 1.07 bits per heavy atom. The molecule has 1 aliphatic heterocycles. The number of amides is 3. The van der Waals surface area contributed by atoms with E-state index in [0.29, 0.717) is 31.7 Å². The predicted octanol–water partition coefficient (Wildman–Crippen LogP) is 3.25. The van der Waals surface area contributed by atoms with Gasteiger partial charge in [-0.05, 0) is 52.7 Å². The zero-order valence-corrected chi connectivity index (χ0v) is 19.1.